The lowest BCUT2D eigenvalue weighted by molar-refractivity contribution is -0.206. The normalized spacial score (nSPS) is 18.7. The SMILES string of the molecule is CCCCCCCCC1COC(c2ccc(C(=O)Oc3ccc(OCC(C)CC)cc3)cc2)OC1. The summed E-state index contributed by atoms with van der Waals surface area (Å²) in [6.07, 6.45) is 9.72. The van der Waals surface area contributed by atoms with E-state index in [9.17, 15) is 4.79 Å². The average molecular weight is 483 g/mol. The van der Waals surface area contributed by atoms with Crippen LogP contribution in [0.1, 0.15) is 94.3 Å². The van der Waals surface area contributed by atoms with Gasteiger partial charge in [-0.05, 0) is 48.7 Å². The highest BCUT2D eigenvalue weighted by Gasteiger charge is 2.23. The topological polar surface area (TPSA) is 54.0 Å². The van der Waals surface area contributed by atoms with E-state index in [2.05, 4.69) is 20.8 Å². The molecule has 5 nitrogen and oxygen atoms in total. The van der Waals surface area contributed by atoms with Crippen molar-refractivity contribution in [2.45, 2.75) is 78.4 Å². The summed E-state index contributed by atoms with van der Waals surface area (Å²) in [5.41, 5.74) is 1.41. The van der Waals surface area contributed by atoms with Crippen LogP contribution < -0.4 is 9.47 Å². The van der Waals surface area contributed by atoms with Crippen molar-refractivity contribution >= 4 is 5.97 Å². The lowest BCUT2D eigenvalue weighted by Gasteiger charge is -2.29. The van der Waals surface area contributed by atoms with E-state index in [1.54, 1.807) is 24.3 Å². The minimum atomic E-state index is -0.394. The molecule has 0 aliphatic carbocycles. The molecule has 2 aromatic carbocycles. The first-order valence-electron chi connectivity index (χ1n) is 13.4. The van der Waals surface area contributed by atoms with Gasteiger partial charge in [0.15, 0.2) is 6.29 Å². The van der Waals surface area contributed by atoms with Gasteiger partial charge >= 0.3 is 5.97 Å². The number of carbonyl (C=O) groups excluding carboxylic acids is 1. The predicted octanol–water partition coefficient (Wildman–Crippen LogP) is 7.74. The van der Waals surface area contributed by atoms with E-state index in [0.29, 0.717) is 29.8 Å². The van der Waals surface area contributed by atoms with E-state index >= 15 is 0 Å². The maximum Gasteiger partial charge on any atom is 0.343 e. The highest BCUT2D eigenvalue weighted by atomic mass is 16.7. The van der Waals surface area contributed by atoms with Crippen molar-refractivity contribution in [3.8, 4) is 11.5 Å². The van der Waals surface area contributed by atoms with Crippen LogP contribution in [0.2, 0.25) is 0 Å². The van der Waals surface area contributed by atoms with Gasteiger partial charge in [-0.25, -0.2) is 4.79 Å². The number of unbranched alkanes of at least 4 members (excludes halogenated alkanes) is 5. The number of hydrogen-bond acceptors (Lipinski definition) is 5. The summed E-state index contributed by atoms with van der Waals surface area (Å²) in [5.74, 6) is 1.85. The number of esters is 1. The number of rotatable bonds is 14. The Labute approximate surface area is 211 Å². The summed E-state index contributed by atoms with van der Waals surface area (Å²) in [6, 6.07) is 14.4. The summed E-state index contributed by atoms with van der Waals surface area (Å²) in [7, 11) is 0. The van der Waals surface area contributed by atoms with Crippen molar-refractivity contribution in [3.05, 3.63) is 59.7 Å². The monoisotopic (exact) mass is 482 g/mol. The molecule has 35 heavy (non-hydrogen) atoms. The molecule has 1 aliphatic rings. The molecule has 192 valence electrons. The highest BCUT2D eigenvalue weighted by Crippen LogP contribution is 2.28. The molecule has 0 aromatic heterocycles. The zero-order valence-corrected chi connectivity index (χ0v) is 21.7. The number of ether oxygens (including phenoxy) is 4. The van der Waals surface area contributed by atoms with Gasteiger partial charge in [-0.1, -0.05) is 77.8 Å². The number of benzene rings is 2. The lowest BCUT2D eigenvalue weighted by Crippen LogP contribution is -2.27. The third-order valence-electron chi connectivity index (χ3n) is 6.62. The smallest absolute Gasteiger partial charge is 0.343 e. The fraction of sp³-hybridized carbons (Fsp3) is 0.567. The van der Waals surface area contributed by atoms with Crippen molar-refractivity contribution in [1.82, 2.24) is 0 Å². The Kier molecular flexibility index (Phi) is 11.6. The Morgan fingerprint density at radius 2 is 1.51 bits per heavy atom. The van der Waals surface area contributed by atoms with Crippen LogP contribution in [0.15, 0.2) is 48.5 Å². The molecule has 1 heterocycles. The molecule has 1 atom stereocenters. The van der Waals surface area contributed by atoms with Crippen LogP contribution in [0.4, 0.5) is 0 Å². The van der Waals surface area contributed by atoms with E-state index in [0.717, 1.165) is 37.4 Å². The average Bonchev–Trinajstić information content (AvgIpc) is 2.90. The summed E-state index contributed by atoms with van der Waals surface area (Å²) < 4.78 is 23.2. The van der Waals surface area contributed by atoms with E-state index in [1.165, 1.54) is 38.5 Å². The number of carbonyl (C=O) groups is 1. The van der Waals surface area contributed by atoms with Gasteiger partial charge in [0.05, 0.1) is 25.4 Å². The van der Waals surface area contributed by atoms with Gasteiger partial charge in [0, 0.05) is 11.5 Å². The third-order valence-corrected chi connectivity index (χ3v) is 6.62. The predicted molar refractivity (Wildman–Crippen MR) is 139 cm³/mol. The first-order valence-corrected chi connectivity index (χ1v) is 13.4. The van der Waals surface area contributed by atoms with E-state index < -0.39 is 5.97 Å². The summed E-state index contributed by atoms with van der Waals surface area (Å²) >= 11 is 0. The summed E-state index contributed by atoms with van der Waals surface area (Å²) in [6.45, 7) is 8.67. The van der Waals surface area contributed by atoms with E-state index in [1.807, 2.05) is 24.3 Å². The van der Waals surface area contributed by atoms with Gasteiger partial charge in [-0.2, -0.15) is 0 Å². The van der Waals surface area contributed by atoms with Crippen molar-refractivity contribution in [3.63, 3.8) is 0 Å². The van der Waals surface area contributed by atoms with Crippen molar-refractivity contribution in [2.24, 2.45) is 11.8 Å². The zero-order valence-electron chi connectivity index (χ0n) is 21.7. The van der Waals surface area contributed by atoms with Crippen LogP contribution in [0.25, 0.3) is 0 Å². The molecule has 3 rings (SSSR count). The minimum absolute atomic E-state index is 0.371. The van der Waals surface area contributed by atoms with Gasteiger partial charge in [0.1, 0.15) is 11.5 Å². The van der Waals surface area contributed by atoms with Crippen LogP contribution in [0, 0.1) is 11.8 Å². The Balaban J connectivity index is 1.40. The van der Waals surface area contributed by atoms with E-state index in [-0.39, 0.29) is 6.29 Å². The molecule has 1 fully saturated rings. The van der Waals surface area contributed by atoms with Crippen LogP contribution in [-0.4, -0.2) is 25.8 Å². The minimum Gasteiger partial charge on any atom is -0.493 e. The fourth-order valence-corrected chi connectivity index (χ4v) is 4.02. The second-order valence-corrected chi connectivity index (χ2v) is 9.73. The first-order chi connectivity index (χ1) is 17.1. The molecule has 0 spiro atoms. The largest absolute Gasteiger partial charge is 0.493 e. The molecule has 1 saturated heterocycles. The van der Waals surface area contributed by atoms with Gasteiger partial charge in [0.25, 0.3) is 0 Å². The molecule has 0 saturated carbocycles. The molecule has 0 N–H and O–H groups in total. The molecule has 2 aromatic rings. The molecule has 0 radical (unpaired) electrons. The quantitative estimate of drug-likeness (QED) is 0.157. The summed E-state index contributed by atoms with van der Waals surface area (Å²) in [5, 5.41) is 0. The van der Waals surface area contributed by atoms with Gasteiger partial charge < -0.3 is 18.9 Å². The maximum atomic E-state index is 12.6. The molecule has 0 bridgehead atoms. The van der Waals surface area contributed by atoms with Crippen molar-refractivity contribution in [1.29, 1.82) is 0 Å². The third kappa shape index (κ3) is 9.30. The molecular weight excluding hydrogens is 440 g/mol. The Morgan fingerprint density at radius 3 is 2.17 bits per heavy atom. The lowest BCUT2D eigenvalue weighted by atomic mass is 10.0. The Bertz CT molecular complexity index is 853. The van der Waals surface area contributed by atoms with Gasteiger partial charge in [-0.3, -0.25) is 0 Å². The summed E-state index contributed by atoms with van der Waals surface area (Å²) in [4.78, 5) is 12.6. The van der Waals surface area contributed by atoms with E-state index in [4.69, 9.17) is 18.9 Å². The molecule has 5 heteroatoms. The second kappa shape index (κ2) is 14.9. The zero-order chi connectivity index (χ0) is 24.9. The van der Waals surface area contributed by atoms with Crippen LogP contribution in [-0.2, 0) is 9.47 Å². The molecular formula is C30H42O5. The van der Waals surface area contributed by atoms with Crippen LogP contribution in [0.5, 0.6) is 11.5 Å². The molecule has 0 amide bonds. The van der Waals surface area contributed by atoms with Crippen molar-refractivity contribution < 1.29 is 23.7 Å². The Morgan fingerprint density at radius 1 is 0.886 bits per heavy atom. The van der Waals surface area contributed by atoms with Gasteiger partial charge in [0.2, 0.25) is 0 Å². The van der Waals surface area contributed by atoms with Gasteiger partial charge in [-0.15, -0.1) is 0 Å². The highest BCUT2D eigenvalue weighted by molar-refractivity contribution is 5.91. The molecule has 1 aliphatic heterocycles. The molecule has 1 unspecified atom stereocenters. The first kappa shape index (κ1) is 27.2. The number of hydrogen-bond donors (Lipinski definition) is 0. The van der Waals surface area contributed by atoms with Crippen LogP contribution in [0.3, 0.4) is 0 Å². The maximum absolute atomic E-state index is 12.6. The van der Waals surface area contributed by atoms with Crippen LogP contribution >= 0.6 is 0 Å². The Hall–Kier alpha value is -2.37. The fourth-order valence-electron chi connectivity index (χ4n) is 4.02. The standard InChI is InChI=1S/C30H42O5/c1-4-6-7-8-9-10-11-24-21-33-30(34-22-24)26-14-12-25(13-15-26)29(31)35-28-18-16-27(17-19-28)32-20-23(3)5-2/h12-19,23-24,30H,4-11,20-22H2,1-3H3. The second-order valence-electron chi connectivity index (χ2n) is 9.73. The van der Waals surface area contributed by atoms with Crippen molar-refractivity contribution in [2.75, 3.05) is 19.8 Å².